The quantitative estimate of drug-likeness (QED) is 0.772. The van der Waals surface area contributed by atoms with Crippen LogP contribution in [0.3, 0.4) is 0 Å². The van der Waals surface area contributed by atoms with Crippen LogP contribution in [-0.2, 0) is 6.54 Å². The van der Waals surface area contributed by atoms with Crippen molar-refractivity contribution in [2.75, 3.05) is 17.7 Å². The molecule has 110 valence electrons. The predicted octanol–water partition coefficient (Wildman–Crippen LogP) is 3.56. The Bertz CT molecular complexity index is 629. The minimum atomic E-state index is -0.573. The Hall–Kier alpha value is -2.21. The van der Waals surface area contributed by atoms with E-state index in [1.807, 2.05) is 30.3 Å². The first kappa shape index (κ1) is 15.2. The number of hydrogen-bond acceptors (Lipinski definition) is 3. The van der Waals surface area contributed by atoms with Gasteiger partial charge in [-0.3, -0.25) is 0 Å². The van der Waals surface area contributed by atoms with Crippen molar-refractivity contribution in [3.63, 3.8) is 0 Å². The van der Waals surface area contributed by atoms with Gasteiger partial charge < -0.3 is 21.1 Å². The fourth-order valence-electron chi connectivity index (χ4n) is 1.82. The summed E-state index contributed by atoms with van der Waals surface area (Å²) in [6.07, 6.45) is 0. The molecule has 6 heteroatoms. The minimum Gasteiger partial charge on any atom is -0.497 e. The number of nitrogens with two attached hydrogens (primary N) is 1. The molecule has 2 aromatic carbocycles. The molecule has 0 heterocycles. The van der Waals surface area contributed by atoms with Gasteiger partial charge in [-0.1, -0.05) is 15.9 Å². The second kappa shape index (κ2) is 6.99. The van der Waals surface area contributed by atoms with E-state index in [9.17, 15) is 4.79 Å². The second-order valence-electron chi connectivity index (χ2n) is 4.38. The summed E-state index contributed by atoms with van der Waals surface area (Å²) in [5.74, 6) is 0.816. The summed E-state index contributed by atoms with van der Waals surface area (Å²) in [6, 6.07) is 12.6. The molecule has 0 aliphatic heterocycles. The zero-order chi connectivity index (χ0) is 15.2. The van der Waals surface area contributed by atoms with Crippen molar-refractivity contribution in [3.05, 3.63) is 52.5 Å². The van der Waals surface area contributed by atoms with Crippen LogP contribution in [0.15, 0.2) is 46.9 Å². The highest BCUT2D eigenvalue weighted by atomic mass is 79.9. The van der Waals surface area contributed by atoms with Crippen molar-refractivity contribution in [3.8, 4) is 5.75 Å². The average Bonchev–Trinajstić information content (AvgIpc) is 2.47. The first-order valence-electron chi connectivity index (χ1n) is 6.31. The SMILES string of the molecule is COc1ccc(Br)c(CNc2ccc(NC(N)=O)cc2)c1. The van der Waals surface area contributed by atoms with Gasteiger partial charge in [-0.15, -0.1) is 0 Å². The molecule has 0 aromatic heterocycles. The summed E-state index contributed by atoms with van der Waals surface area (Å²) in [7, 11) is 1.64. The number of hydrogen-bond donors (Lipinski definition) is 3. The molecule has 0 bridgehead atoms. The van der Waals surface area contributed by atoms with Crippen molar-refractivity contribution in [1.29, 1.82) is 0 Å². The van der Waals surface area contributed by atoms with Crippen LogP contribution in [0.2, 0.25) is 0 Å². The largest absolute Gasteiger partial charge is 0.497 e. The van der Waals surface area contributed by atoms with Crippen molar-refractivity contribution in [2.24, 2.45) is 5.73 Å². The van der Waals surface area contributed by atoms with Gasteiger partial charge in [-0.05, 0) is 48.0 Å². The molecular weight excluding hydrogens is 334 g/mol. The molecule has 0 spiro atoms. The fraction of sp³-hybridized carbons (Fsp3) is 0.133. The molecule has 0 radical (unpaired) electrons. The summed E-state index contributed by atoms with van der Waals surface area (Å²) in [6.45, 7) is 0.653. The first-order chi connectivity index (χ1) is 10.1. The smallest absolute Gasteiger partial charge is 0.316 e. The monoisotopic (exact) mass is 349 g/mol. The molecule has 0 unspecified atom stereocenters. The predicted molar refractivity (Wildman–Crippen MR) is 87.7 cm³/mol. The Labute approximate surface area is 131 Å². The number of halogens is 1. The molecule has 0 fully saturated rings. The van der Waals surface area contributed by atoms with E-state index in [1.54, 1.807) is 19.2 Å². The number of carbonyl (C=O) groups is 1. The van der Waals surface area contributed by atoms with Crippen molar-refractivity contribution < 1.29 is 9.53 Å². The number of urea groups is 1. The van der Waals surface area contributed by atoms with Crippen LogP contribution in [-0.4, -0.2) is 13.1 Å². The van der Waals surface area contributed by atoms with E-state index in [1.165, 1.54) is 0 Å². The molecule has 5 nitrogen and oxygen atoms in total. The van der Waals surface area contributed by atoms with Crippen LogP contribution in [0.5, 0.6) is 5.75 Å². The summed E-state index contributed by atoms with van der Waals surface area (Å²) in [5.41, 5.74) is 7.76. The van der Waals surface area contributed by atoms with E-state index in [0.29, 0.717) is 12.2 Å². The maximum absolute atomic E-state index is 10.7. The highest BCUT2D eigenvalue weighted by Gasteiger charge is 2.03. The summed E-state index contributed by atoms with van der Waals surface area (Å²) in [4.78, 5) is 10.7. The Balaban J connectivity index is 2.01. The Morgan fingerprint density at radius 2 is 1.86 bits per heavy atom. The first-order valence-corrected chi connectivity index (χ1v) is 7.10. The Morgan fingerprint density at radius 3 is 2.48 bits per heavy atom. The number of methoxy groups -OCH3 is 1. The van der Waals surface area contributed by atoms with E-state index < -0.39 is 6.03 Å². The van der Waals surface area contributed by atoms with Gasteiger partial charge in [0.05, 0.1) is 7.11 Å². The number of rotatable bonds is 5. The van der Waals surface area contributed by atoms with Gasteiger partial charge in [0, 0.05) is 22.4 Å². The Morgan fingerprint density at radius 1 is 1.19 bits per heavy atom. The fourth-order valence-corrected chi connectivity index (χ4v) is 2.21. The normalized spacial score (nSPS) is 10.0. The van der Waals surface area contributed by atoms with Crippen LogP contribution < -0.4 is 21.1 Å². The molecule has 0 saturated carbocycles. The lowest BCUT2D eigenvalue weighted by atomic mass is 10.2. The van der Waals surface area contributed by atoms with Crippen LogP contribution in [0.1, 0.15) is 5.56 Å². The number of amides is 2. The van der Waals surface area contributed by atoms with Crippen molar-refractivity contribution >= 4 is 33.3 Å². The number of ether oxygens (including phenoxy) is 1. The van der Waals surface area contributed by atoms with Crippen LogP contribution in [0.25, 0.3) is 0 Å². The number of benzene rings is 2. The molecular formula is C15H16BrN3O2. The van der Waals surface area contributed by atoms with Gasteiger partial charge in [0.25, 0.3) is 0 Å². The van der Waals surface area contributed by atoms with E-state index in [-0.39, 0.29) is 0 Å². The molecule has 4 N–H and O–H groups in total. The molecule has 2 aromatic rings. The zero-order valence-electron chi connectivity index (χ0n) is 11.5. The molecule has 0 aliphatic carbocycles. The summed E-state index contributed by atoms with van der Waals surface area (Å²) in [5, 5.41) is 5.82. The third-order valence-electron chi connectivity index (χ3n) is 2.89. The molecule has 0 aliphatic rings. The number of carbonyl (C=O) groups excluding carboxylic acids is 1. The van der Waals surface area contributed by atoms with Gasteiger partial charge in [-0.2, -0.15) is 0 Å². The van der Waals surface area contributed by atoms with Crippen molar-refractivity contribution in [2.45, 2.75) is 6.54 Å². The number of anilines is 2. The van der Waals surface area contributed by atoms with Crippen LogP contribution >= 0.6 is 15.9 Å². The lowest BCUT2D eigenvalue weighted by Gasteiger charge is -2.10. The lowest BCUT2D eigenvalue weighted by molar-refractivity contribution is 0.259. The highest BCUT2D eigenvalue weighted by Crippen LogP contribution is 2.23. The van der Waals surface area contributed by atoms with E-state index >= 15 is 0 Å². The lowest BCUT2D eigenvalue weighted by Crippen LogP contribution is -2.19. The zero-order valence-corrected chi connectivity index (χ0v) is 13.1. The molecule has 21 heavy (non-hydrogen) atoms. The number of primary amides is 1. The van der Waals surface area contributed by atoms with Gasteiger partial charge in [0.1, 0.15) is 5.75 Å². The summed E-state index contributed by atoms with van der Waals surface area (Å²) < 4.78 is 6.23. The van der Waals surface area contributed by atoms with E-state index in [2.05, 4.69) is 26.6 Å². The van der Waals surface area contributed by atoms with Crippen LogP contribution in [0, 0.1) is 0 Å². The van der Waals surface area contributed by atoms with Crippen molar-refractivity contribution in [1.82, 2.24) is 0 Å². The van der Waals surface area contributed by atoms with Gasteiger partial charge in [0.2, 0.25) is 0 Å². The average molecular weight is 350 g/mol. The van der Waals surface area contributed by atoms with Gasteiger partial charge in [0.15, 0.2) is 0 Å². The van der Waals surface area contributed by atoms with Gasteiger partial charge >= 0.3 is 6.03 Å². The van der Waals surface area contributed by atoms with E-state index in [0.717, 1.165) is 21.5 Å². The second-order valence-corrected chi connectivity index (χ2v) is 5.23. The summed E-state index contributed by atoms with van der Waals surface area (Å²) >= 11 is 3.51. The molecule has 0 atom stereocenters. The molecule has 0 saturated heterocycles. The molecule has 2 rings (SSSR count). The highest BCUT2D eigenvalue weighted by molar-refractivity contribution is 9.10. The Kier molecular flexibility index (Phi) is 5.05. The van der Waals surface area contributed by atoms with Gasteiger partial charge in [-0.25, -0.2) is 4.79 Å². The minimum absolute atomic E-state index is 0.573. The third kappa shape index (κ3) is 4.39. The molecule has 2 amide bonds. The number of nitrogens with one attached hydrogen (secondary N) is 2. The van der Waals surface area contributed by atoms with E-state index in [4.69, 9.17) is 10.5 Å². The topological polar surface area (TPSA) is 76.4 Å². The maximum atomic E-state index is 10.7. The standard InChI is InChI=1S/C15H16BrN3O2/c1-21-13-6-7-14(16)10(8-13)9-18-11-2-4-12(5-3-11)19-15(17)20/h2-8,18H,9H2,1H3,(H3,17,19,20). The third-order valence-corrected chi connectivity index (χ3v) is 3.66. The van der Waals surface area contributed by atoms with Crippen LogP contribution in [0.4, 0.5) is 16.2 Å². The maximum Gasteiger partial charge on any atom is 0.316 e.